The molecule has 1 aromatic rings. The molecule has 0 spiro atoms. The molecule has 108 valence electrons. The smallest absolute Gasteiger partial charge is 0.260 e. The maximum Gasteiger partial charge on any atom is 0.260 e. The van der Waals surface area contributed by atoms with Crippen molar-refractivity contribution >= 4 is 15.7 Å². The first-order valence-corrected chi connectivity index (χ1v) is 8.28. The molecule has 5 nitrogen and oxygen atoms in total. The number of rotatable bonds is 9. The predicted octanol–water partition coefficient (Wildman–Crippen LogP) is 2.37. The van der Waals surface area contributed by atoms with E-state index in [0.29, 0.717) is 18.8 Å². The summed E-state index contributed by atoms with van der Waals surface area (Å²) in [5.41, 5.74) is 0.547. The summed E-state index contributed by atoms with van der Waals surface area (Å²) in [6.07, 6.45) is 5.66. The average Bonchev–Trinajstić information content (AvgIpc) is 2.39. The lowest BCUT2D eigenvalue weighted by Crippen LogP contribution is -2.26. The lowest BCUT2D eigenvalue weighted by molar-refractivity contribution is 0.570. The normalized spacial score (nSPS) is 11.5. The second kappa shape index (κ2) is 8.12. The van der Waals surface area contributed by atoms with E-state index >= 15 is 0 Å². The number of pyridine rings is 1. The summed E-state index contributed by atoms with van der Waals surface area (Å²) in [6, 6.07) is 3.44. The largest absolute Gasteiger partial charge is 0.383 e. The Balaban J connectivity index is 2.66. The SMILES string of the molecule is CCCCCCNS(=O)(=O)c1ncccc1NCC. The van der Waals surface area contributed by atoms with Crippen molar-refractivity contribution in [2.75, 3.05) is 18.4 Å². The van der Waals surface area contributed by atoms with Gasteiger partial charge in [-0.3, -0.25) is 0 Å². The highest BCUT2D eigenvalue weighted by molar-refractivity contribution is 7.89. The van der Waals surface area contributed by atoms with Crippen LogP contribution in [0.1, 0.15) is 39.5 Å². The van der Waals surface area contributed by atoms with Crippen LogP contribution in [0.5, 0.6) is 0 Å². The molecule has 6 heteroatoms. The van der Waals surface area contributed by atoms with E-state index < -0.39 is 10.0 Å². The first-order valence-electron chi connectivity index (χ1n) is 6.80. The van der Waals surface area contributed by atoms with Gasteiger partial charge in [0.1, 0.15) is 0 Å². The summed E-state index contributed by atoms with van der Waals surface area (Å²) >= 11 is 0. The molecule has 0 aliphatic rings. The van der Waals surface area contributed by atoms with E-state index in [4.69, 9.17) is 0 Å². The second-order valence-electron chi connectivity index (χ2n) is 4.34. The van der Waals surface area contributed by atoms with Crippen molar-refractivity contribution < 1.29 is 8.42 Å². The minimum absolute atomic E-state index is 0.0762. The molecule has 0 fully saturated rings. The molecule has 0 saturated carbocycles. The Morgan fingerprint density at radius 3 is 2.68 bits per heavy atom. The van der Waals surface area contributed by atoms with Crippen LogP contribution >= 0.6 is 0 Å². The summed E-state index contributed by atoms with van der Waals surface area (Å²) < 4.78 is 26.9. The van der Waals surface area contributed by atoms with Gasteiger partial charge in [-0.2, -0.15) is 0 Å². The van der Waals surface area contributed by atoms with Crippen LogP contribution < -0.4 is 10.0 Å². The van der Waals surface area contributed by atoms with E-state index in [-0.39, 0.29) is 5.03 Å². The second-order valence-corrected chi connectivity index (χ2v) is 6.03. The van der Waals surface area contributed by atoms with E-state index in [1.807, 2.05) is 6.92 Å². The number of hydrogen-bond donors (Lipinski definition) is 2. The Hall–Kier alpha value is -1.14. The first kappa shape index (κ1) is 15.9. The molecule has 1 rings (SSSR count). The molecule has 1 heterocycles. The van der Waals surface area contributed by atoms with Gasteiger partial charge in [0.2, 0.25) is 0 Å². The Labute approximate surface area is 115 Å². The molecule has 0 amide bonds. The number of anilines is 1. The van der Waals surface area contributed by atoms with Gasteiger partial charge in [0.25, 0.3) is 10.0 Å². The Bertz CT molecular complexity index is 475. The third-order valence-corrected chi connectivity index (χ3v) is 4.13. The van der Waals surface area contributed by atoms with Gasteiger partial charge in [0.15, 0.2) is 5.03 Å². The molecular formula is C13H23N3O2S. The molecule has 0 aliphatic carbocycles. The van der Waals surface area contributed by atoms with Gasteiger partial charge in [-0.1, -0.05) is 26.2 Å². The number of sulfonamides is 1. The van der Waals surface area contributed by atoms with Crippen LogP contribution in [-0.2, 0) is 10.0 Å². The van der Waals surface area contributed by atoms with Gasteiger partial charge in [0.05, 0.1) is 5.69 Å². The fourth-order valence-electron chi connectivity index (χ4n) is 1.76. The molecule has 0 radical (unpaired) electrons. The highest BCUT2D eigenvalue weighted by Crippen LogP contribution is 2.17. The maximum atomic E-state index is 12.1. The molecule has 0 atom stereocenters. The topological polar surface area (TPSA) is 71.1 Å². The van der Waals surface area contributed by atoms with Crippen LogP contribution in [0.4, 0.5) is 5.69 Å². The van der Waals surface area contributed by atoms with E-state index in [9.17, 15) is 8.42 Å². The molecule has 0 aromatic carbocycles. The minimum atomic E-state index is -3.52. The van der Waals surface area contributed by atoms with Gasteiger partial charge in [-0.25, -0.2) is 18.1 Å². The van der Waals surface area contributed by atoms with Crippen LogP contribution in [0.15, 0.2) is 23.4 Å². The van der Waals surface area contributed by atoms with Crippen LogP contribution in [0.2, 0.25) is 0 Å². The minimum Gasteiger partial charge on any atom is -0.383 e. The molecular weight excluding hydrogens is 262 g/mol. The van der Waals surface area contributed by atoms with E-state index in [2.05, 4.69) is 21.9 Å². The van der Waals surface area contributed by atoms with Crippen molar-refractivity contribution in [3.63, 3.8) is 0 Å². The zero-order valence-electron chi connectivity index (χ0n) is 11.6. The Kier molecular flexibility index (Phi) is 6.80. The van der Waals surface area contributed by atoms with Crippen molar-refractivity contribution in [2.24, 2.45) is 0 Å². The summed E-state index contributed by atoms with van der Waals surface area (Å²) in [4.78, 5) is 3.97. The number of hydrogen-bond acceptors (Lipinski definition) is 4. The lowest BCUT2D eigenvalue weighted by Gasteiger charge is -2.10. The van der Waals surface area contributed by atoms with Crippen LogP contribution in [-0.4, -0.2) is 26.5 Å². The standard InChI is InChI=1S/C13H23N3O2S/c1-3-5-6-7-11-16-19(17,18)13-12(14-4-2)9-8-10-15-13/h8-10,14,16H,3-7,11H2,1-2H3. The third-order valence-electron chi connectivity index (χ3n) is 2.72. The number of aromatic nitrogens is 1. The first-order chi connectivity index (χ1) is 9.11. The van der Waals surface area contributed by atoms with Crippen molar-refractivity contribution in [1.29, 1.82) is 0 Å². The van der Waals surface area contributed by atoms with Crippen LogP contribution in [0.3, 0.4) is 0 Å². The fraction of sp³-hybridized carbons (Fsp3) is 0.615. The number of nitrogens with zero attached hydrogens (tertiary/aromatic N) is 1. The molecule has 0 saturated heterocycles. The quantitative estimate of drug-likeness (QED) is 0.683. The van der Waals surface area contributed by atoms with E-state index in [1.54, 1.807) is 12.1 Å². The zero-order chi connectivity index (χ0) is 14.1. The van der Waals surface area contributed by atoms with Gasteiger partial charge < -0.3 is 5.32 Å². The van der Waals surface area contributed by atoms with Crippen molar-refractivity contribution in [2.45, 2.75) is 44.6 Å². The van der Waals surface area contributed by atoms with E-state index in [0.717, 1.165) is 25.7 Å². The van der Waals surface area contributed by atoms with Crippen LogP contribution in [0.25, 0.3) is 0 Å². The summed E-state index contributed by atoms with van der Waals surface area (Å²) in [5, 5.41) is 3.09. The third kappa shape index (κ3) is 5.16. The van der Waals surface area contributed by atoms with Gasteiger partial charge in [0, 0.05) is 19.3 Å². The van der Waals surface area contributed by atoms with Gasteiger partial charge >= 0.3 is 0 Å². The summed E-state index contributed by atoms with van der Waals surface area (Å²) in [7, 11) is -3.52. The predicted molar refractivity (Wildman–Crippen MR) is 77.7 cm³/mol. The Morgan fingerprint density at radius 1 is 1.21 bits per heavy atom. The molecule has 0 bridgehead atoms. The Morgan fingerprint density at radius 2 is 2.00 bits per heavy atom. The molecule has 19 heavy (non-hydrogen) atoms. The van der Waals surface area contributed by atoms with E-state index in [1.165, 1.54) is 6.20 Å². The number of nitrogens with one attached hydrogen (secondary N) is 2. The number of unbranched alkanes of at least 4 members (excludes halogenated alkanes) is 3. The van der Waals surface area contributed by atoms with Crippen molar-refractivity contribution in [1.82, 2.24) is 9.71 Å². The van der Waals surface area contributed by atoms with Crippen LogP contribution in [0, 0.1) is 0 Å². The van der Waals surface area contributed by atoms with Crippen molar-refractivity contribution in [3.05, 3.63) is 18.3 Å². The molecule has 0 aliphatic heterocycles. The van der Waals surface area contributed by atoms with Crippen molar-refractivity contribution in [3.8, 4) is 0 Å². The summed E-state index contributed by atoms with van der Waals surface area (Å²) in [6.45, 7) is 5.16. The van der Waals surface area contributed by atoms with Gasteiger partial charge in [-0.05, 0) is 25.5 Å². The molecule has 2 N–H and O–H groups in total. The highest BCUT2D eigenvalue weighted by Gasteiger charge is 2.18. The zero-order valence-corrected chi connectivity index (χ0v) is 12.5. The molecule has 1 aromatic heterocycles. The highest BCUT2D eigenvalue weighted by atomic mass is 32.2. The summed E-state index contributed by atoms with van der Waals surface area (Å²) in [5.74, 6) is 0. The maximum absolute atomic E-state index is 12.1. The van der Waals surface area contributed by atoms with Gasteiger partial charge in [-0.15, -0.1) is 0 Å². The monoisotopic (exact) mass is 285 g/mol. The fourth-order valence-corrected chi connectivity index (χ4v) is 2.94. The lowest BCUT2D eigenvalue weighted by atomic mass is 10.2. The molecule has 0 unspecified atom stereocenters. The average molecular weight is 285 g/mol.